The second-order valence-corrected chi connectivity index (χ2v) is 14.3. The molecule has 2 aliphatic rings. The topological polar surface area (TPSA) is 113 Å². The summed E-state index contributed by atoms with van der Waals surface area (Å²) in [5, 5.41) is 10.4. The van der Waals surface area contributed by atoms with Gasteiger partial charge in [-0.25, -0.2) is 8.42 Å². The Kier molecular flexibility index (Phi) is 13.8. The van der Waals surface area contributed by atoms with Crippen molar-refractivity contribution < 1.29 is 27.9 Å². The maximum Gasteiger partial charge on any atom is 0.303 e. The lowest BCUT2D eigenvalue weighted by molar-refractivity contribution is -0.137. The second-order valence-electron chi connectivity index (χ2n) is 11.0. The predicted octanol–water partition coefficient (Wildman–Crippen LogP) is 5.64. The molecule has 8 nitrogen and oxygen atoms in total. The van der Waals surface area contributed by atoms with Crippen LogP contribution in [0.2, 0.25) is 0 Å². The number of rotatable bonds is 12. The number of carbonyl (C=O) groups excluding carboxylic acids is 1. The lowest BCUT2D eigenvalue weighted by atomic mass is 9.93. The molecule has 1 aliphatic heterocycles. The minimum atomic E-state index is -3.18. The molecule has 1 saturated heterocycles. The van der Waals surface area contributed by atoms with Crippen molar-refractivity contribution >= 4 is 33.5 Å². The summed E-state index contributed by atoms with van der Waals surface area (Å²) in [5.41, 5.74) is 4.61. The number of carboxylic acid groups (broad SMARTS) is 1. The van der Waals surface area contributed by atoms with Crippen LogP contribution in [0.3, 0.4) is 0 Å². The molecule has 238 valence electrons. The van der Waals surface area contributed by atoms with Crippen LogP contribution in [0, 0.1) is 6.92 Å². The van der Waals surface area contributed by atoms with Crippen molar-refractivity contribution in [3.8, 4) is 11.1 Å². The van der Waals surface area contributed by atoms with E-state index in [2.05, 4.69) is 22.4 Å². The molecule has 10 heteroatoms. The van der Waals surface area contributed by atoms with Gasteiger partial charge in [0.15, 0.2) is 9.84 Å². The van der Waals surface area contributed by atoms with Crippen LogP contribution in [0.1, 0.15) is 47.2 Å². The lowest BCUT2D eigenvalue weighted by Crippen LogP contribution is -2.33. The van der Waals surface area contributed by atoms with Crippen LogP contribution < -0.4 is 5.32 Å². The van der Waals surface area contributed by atoms with Crippen LogP contribution in [0.4, 0.5) is 0 Å². The zero-order valence-corrected chi connectivity index (χ0v) is 27.6. The van der Waals surface area contributed by atoms with Crippen molar-refractivity contribution in [1.82, 2.24) is 10.2 Å². The summed E-state index contributed by atoms with van der Waals surface area (Å²) in [7, 11) is -1.54. The van der Waals surface area contributed by atoms with Crippen molar-refractivity contribution in [2.45, 2.75) is 50.4 Å². The Morgan fingerprint density at radius 2 is 1.91 bits per heavy atom. The highest BCUT2D eigenvalue weighted by atomic mass is 32.2. The van der Waals surface area contributed by atoms with Gasteiger partial charge >= 0.3 is 5.97 Å². The van der Waals surface area contributed by atoms with E-state index in [1.165, 1.54) is 6.26 Å². The highest BCUT2D eigenvalue weighted by Crippen LogP contribution is 2.31. The van der Waals surface area contributed by atoms with Gasteiger partial charge in [0.2, 0.25) is 0 Å². The van der Waals surface area contributed by atoms with Crippen molar-refractivity contribution in [2.24, 2.45) is 0 Å². The number of nitrogens with one attached hydrogen (secondary N) is 1. The van der Waals surface area contributed by atoms with Gasteiger partial charge in [-0.3, -0.25) is 14.5 Å². The highest BCUT2D eigenvalue weighted by Gasteiger charge is 2.38. The van der Waals surface area contributed by atoms with E-state index in [0.29, 0.717) is 38.1 Å². The Morgan fingerprint density at radius 3 is 2.59 bits per heavy atom. The largest absolute Gasteiger partial charge is 0.492 e. The number of aliphatic carboxylic acids is 1. The molecule has 2 aromatic rings. The zero-order chi connectivity index (χ0) is 32.1. The first-order chi connectivity index (χ1) is 21.0. The van der Waals surface area contributed by atoms with Gasteiger partial charge in [0.1, 0.15) is 12.4 Å². The summed E-state index contributed by atoms with van der Waals surface area (Å²) in [6, 6.07) is 13.9. The Labute approximate surface area is 266 Å². The molecule has 1 amide bonds. The highest BCUT2D eigenvalue weighted by molar-refractivity contribution is 7.98. The van der Waals surface area contributed by atoms with Crippen LogP contribution in [0.25, 0.3) is 11.1 Å². The molecule has 1 aliphatic carbocycles. The number of carboxylic acids is 1. The first-order valence-corrected chi connectivity index (χ1v) is 18.1. The number of amides is 1. The molecule has 0 bridgehead atoms. The van der Waals surface area contributed by atoms with E-state index in [9.17, 15) is 18.0 Å². The average molecular weight is 641 g/mol. The number of ether oxygens (including phenoxy) is 1. The third kappa shape index (κ3) is 10.7. The molecule has 0 radical (unpaired) electrons. The lowest BCUT2D eigenvalue weighted by Gasteiger charge is -2.25. The first-order valence-electron chi connectivity index (χ1n) is 14.7. The summed E-state index contributed by atoms with van der Waals surface area (Å²) < 4.78 is 30.9. The molecule has 2 atom stereocenters. The van der Waals surface area contributed by atoms with E-state index in [-0.39, 0.29) is 11.9 Å². The normalized spacial score (nSPS) is 18.1. The monoisotopic (exact) mass is 640 g/mol. The minimum Gasteiger partial charge on any atom is -0.492 e. The summed E-state index contributed by atoms with van der Waals surface area (Å²) in [4.78, 5) is 24.7. The molecular weight excluding hydrogens is 597 g/mol. The van der Waals surface area contributed by atoms with Gasteiger partial charge in [-0.2, -0.15) is 11.8 Å². The van der Waals surface area contributed by atoms with E-state index < -0.39 is 21.1 Å². The van der Waals surface area contributed by atoms with Crippen LogP contribution >= 0.6 is 11.8 Å². The SMILES string of the molecule is CNC(=O)c1ccc(CN2CC(S(C)(=O)=O)C[C@H]2COC2=CCC=CC=C2)cc1-c1ccccc1C.CSCCCC(=O)O. The number of benzene rings is 2. The number of likely N-dealkylation sites (tertiary alicyclic amines) is 1. The Morgan fingerprint density at radius 1 is 1.14 bits per heavy atom. The van der Waals surface area contributed by atoms with Gasteiger partial charge in [0.25, 0.3) is 5.91 Å². The molecule has 0 saturated carbocycles. The van der Waals surface area contributed by atoms with E-state index >= 15 is 0 Å². The maximum atomic E-state index is 12.6. The molecule has 1 fully saturated rings. The molecule has 1 unspecified atom stereocenters. The number of hydrogen-bond acceptors (Lipinski definition) is 7. The number of carbonyl (C=O) groups is 2. The van der Waals surface area contributed by atoms with Crippen molar-refractivity contribution in [3.05, 3.63) is 95.3 Å². The van der Waals surface area contributed by atoms with Gasteiger partial charge in [0.05, 0.1) is 5.25 Å². The van der Waals surface area contributed by atoms with Crippen LogP contribution in [-0.2, 0) is 25.9 Å². The van der Waals surface area contributed by atoms with Gasteiger partial charge in [-0.15, -0.1) is 0 Å². The third-order valence-electron chi connectivity index (χ3n) is 7.62. The number of allylic oxidation sites excluding steroid dienone is 5. The van der Waals surface area contributed by atoms with Gasteiger partial charge in [0, 0.05) is 44.4 Å². The minimum absolute atomic E-state index is 0.0317. The second kappa shape index (κ2) is 17.2. The number of thioether (sulfide) groups is 1. The molecule has 1 heterocycles. The fourth-order valence-electron chi connectivity index (χ4n) is 5.20. The maximum absolute atomic E-state index is 12.6. The Hall–Kier alpha value is -3.34. The van der Waals surface area contributed by atoms with Crippen molar-refractivity contribution in [2.75, 3.05) is 38.5 Å². The number of nitrogens with zero attached hydrogens (tertiary/aromatic N) is 1. The van der Waals surface area contributed by atoms with Crippen LogP contribution in [0.5, 0.6) is 0 Å². The molecule has 2 aromatic carbocycles. The van der Waals surface area contributed by atoms with E-state index in [1.54, 1.807) is 18.8 Å². The third-order valence-corrected chi connectivity index (χ3v) is 9.87. The number of hydrogen-bond donors (Lipinski definition) is 2. The number of aryl methyl sites for hydroxylation is 1. The Balaban J connectivity index is 0.000000583. The Bertz CT molecular complexity index is 1480. The predicted molar refractivity (Wildman–Crippen MR) is 180 cm³/mol. The van der Waals surface area contributed by atoms with E-state index in [4.69, 9.17) is 9.84 Å². The van der Waals surface area contributed by atoms with Crippen LogP contribution in [-0.4, -0.2) is 80.1 Å². The fourth-order valence-corrected chi connectivity index (χ4v) is 6.66. The summed E-state index contributed by atoms with van der Waals surface area (Å²) in [6.07, 6.45) is 15.7. The molecular formula is C34H44N2O6S2. The van der Waals surface area contributed by atoms with Crippen molar-refractivity contribution in [1.29, 1.82) is 0 Å². The summed E-state index contributed by atoms with van der Waals surface area (Å²) >= 11 is 1.68. The number of sulfone groups is 1. The van der Waals surface area contributed by atoms with Gasteiger partial charge in [-0.1, -0.05) is 48.6 Å². The summed E-state index contributed by atoms with van der Waals surface area (Å²) in [5.74, 6) is 0.925. The van der Waals surface area contributed by atoms with Gasteiger partial charge < -0.3 is 15.2 Å². The van der Waals surface area contributed by atoms with Gasteiger partial charge in [-0.05, 0) is 84.7 Å². The van der Waals surface area contributed by atoms with Crippen LogP contribution in [0.15, 0.2) is 78.6 Å². The molecule has 44 heavy (non-hydrogen) atoms. The quantitative estimate of drug-likeness (QED) is 0.287. The molecule has 4 rings (SSSR count). The zero-order valence-electron chi connectivity index (χ0n) is 26.0. The average Bonchev–Trinajstić information content (AvgIpc) is 3.22. The fraction of sp³-hybridized carbons (Fsp3) is 0.412. The standard InChI is InChI=1S/C29H34N2O4S.C5H10O2S/c1-21-10-8-9-13-26(21)28-16-22(14-15-27(28)29(32)30-2)18-31-19-25(36(3,33)34)17-23(31)20-35-24-11-6-4-5-7-12-24;1-8-4-2-3-5(6)7/h4-6,8-16,23,25H,7,17-20H2,1-3H3,(H,30,32);2-4H2,1H3,(H,6,7)/t23-,25?;/m0./s1. The van der Waals surface area contributed by atoms with E-state index in [1.807, 2.05) is 73.9 Å². The van der Waals surface area contributed by atoms with E-state index in [0.717, 1.165) is 46.6 Å². The molecule has 0 spiro atoms. The molecule has 0 aromatic heterocycles. The molecule has 2 N–H and O–H groups in total. The summed E-state index contributed by atoms with van der Waals surface area (Å²) in [6.45, 7) is 3.49. The smallest absolute Gasteiger partial charge is 0.303 e. The van der Waals surface area contributed by atoms with Crippen molar-refractivity contribution in [3.63, 3.8) is 0 Å². The first kappa shape index (κ1) is 35.1.